The standard InChI is InChI=1S/C18H35N3O2/c1-13(18(2,3)4)19-17(23)20-14-9-11-21(12-10-14)15-7-5-6-8-16(15)22/h13-16,22H,5-12H2,1-4H3,(H2,19,20,23). The van der Waals surface area contributed by atoms with Crippen LogP contribution in [0.3, 0.4) is 0 Å². The molecule has 5 heteroatoms. The number of nitrogens with zero attached hydrogens (tertiary/aromatic N) is 1. The average Bonchev–Trinajstić information content (AvgIpc) is 2.47. The molecule has 0 aromatic rings. The summed E-state index contributed by atoms with van der Waals surface area (Å²) in [6.07, 6.45) is 6.22. The zero-order valence-corrected chi connectivity index (χ0v) is 15.3. The monoisotopic (exact) mass is 325 g/mol. The number of urea groups is 1. The van der Waals surface area contributed by atoms with Gasteiger partial charge in [0.25, 0.3) is 0 Å². The van der Waals surface area contributed by atoms with Gasteiger partial charge in [-0.3, -0.25) is 4.90 Å². The number of likely N-dealkylation sites (tertiary alicyclic amines) is 1. The molecular formula is C18H35N3O2. The fourth-order valence-corrected chi connectivity index (χ4v) is 3.53. The Morgan fingerprint density at radius 3 is 2.30 bits per heavy atom. The first-order chi connectivity index (χ1) is 10.8. The summed E-state index contributed by atoms with van der Waals surface area (Å²) < 4.78 is 0. The van der Waals surface area contributed by atoms with Crippen LogP contribution in [0.25, 0.3) is 0 Å². The van der Waals surface area contributed by atoms with E-state index < -0.39 is 0 Å². The number of carbonyl (C=O) groups excluding carboxylic acids is 1. The van der Waals surface area contributed by atoms with Crippen LogP contribution in [-0.4, -0.2) is 53.4 Å². The molecule has 0 spiro atoms. The van der Waals surface area contributed by atoms with E-state index in [2.05, 4.69) is 36.3 Å². The quantitative estimate of drug-likeness (QED) is 0.747. The predicted octanol–water partition coefficient (Wildman–Crippen LogP) is 2.49. The van der Waals surface area contributed by atoms with Crippen molar-refractivity contribution in [3.8, 4) is 0 Å². The minimum absolute atomic E-state index is 0.0522. The molecule has 23 heavy (non-hydrogen) atoms. The molecule has 2 amide bonds. The second-order valence-electron chi connectivity index (χ2n) is 8.43. The molecule has 0 radical (unpaired) electrons. The van der Waals surface area contributed by atoms with Gasteiger partial charge in [-0.05, 0) is 38.0 Å². The van der Waals surface area contributed by atoms with Gasteiger partial charge in [0.05, 0.1) is 6.10 Å². The van der Waals surface area contributed by atoms with Crippen LogP contribution >= 0.6 is 0 Å². The molecule has 134 valence electrons. The molecule has 3 unspecified atom stereocenters. The fourth-order valence-electron chi connectivity index (χ4n) is 3.53. The largest absolute Gasteiger partial charge is 0.391 e. The summed E-state index contributed by atoms with van der Waals surface area (Å²) in [6.45, 7) is 10.4. The Morgan fingerprint density at radius 2 is 1.74 bits per heavy atom. The molecule has 3 N–H and O–H groups in total. The van der Waals surface area contributed by atoms with Gasteiger partial charge < -0.3 is 15.7 Å². The topological polar surface area (TPSA) is 64.6 Å². The molecule has 2 aliphatic rings. The minimum Gasteiger partial charge on any atom is -0.391 e. The van der Waals surface area contributed by atoms with Crippen LogP contribution in [0.2, 0.25) is 0 Å². The van der Waals surface area contributed by atoms with Gasteiger partial charge in [-0.25, -0.2) is 4.79 Å². The molecule has 5 nitrogen and oxygen atoms in total. The van der Waals surface area contributed by atoms with Crippen molar-refractivity contribution in [3.05, 3.63) is 0 Å². The van der Waals surface area contributed by atoms with E-state index in [0.29, 0.717) is 6.04 Å². The Kier molecular flexibility index (Phi) is 6.32. The highest BCUT2D eigenvalue weighted by atomic mass is 16.3. The number of rotatable bonds is 3. The molecule has 3 atom stereocenters. The molecule has 1 saturated heterocycles. The van der Waals surface area contributed by atoms with Gasteiger partial charge in [0.15, 0.2) is 0 Å². The van der Waals surface area contributed by atoms with E-state index in [1.54, 1.807) is 0 Å². The highest BCUT2D eigenvalue weighted by Crippen LogP contribution is 2.26. The van der Waals surface area contributed by atoms with Crippen LogP contribution in [0, 0.1) is 5.41 Å². The predicted molar refractivity (Wildman–Crippen MR) is 93.4 cm³/mol. The number of hydrogen-bond acceptors (Lipinski definition) is 3. The van der Waals surface area contributed by atoms with Gasteiger partial charge in [0, 0.05) is 31.2 Å². The van der Waals surface area contributed by atoms with Crippen LogP contribution in [-0.2, 0) is 0 Å². The van der Waals surface area contributed by atoms with Gasteiger partial charge in [0.1, 0.15) is 0 Å². The number of aliphatic hydroxyl groups excluding tert-OH is 1. The van der Waals surface area contributed by atoms with Gasteiger partial charge in [0.2, 0.25) is 0 Å². The highest BCUT2D eigenvalue weighted by Gasteiger charge is 2.32. The molecule has 0 aromatic carbocycles. The Labute approximate surface area is 141 Å². The zero-order chi connectivity index (χ0) is 17.0. The lowest BCUT2D eigenvalue weighted by Gasteiger charge is -2.41. The number of aliphatic hydroxyl groups is 1. The van der Waals surface area contributed by atoms with E-state index >= 15 is 0 Å². The molecule has 2 fully saturated rings. The minimum atomic E-state index is -0.163. The zero-order valence-electron chi connectivity index (χ0n) is 15.3. The Morgan fingerprint density at radius 1 is 1.13 bits per heavy atom. The summed E-state index contributed by atoms with van der Waals surface area (Å²) in [5, 5.41) is 16.3. The maximum Gasteiger partial charge on any atom is 0.315 e. The van der Waals surface area contributed by atoms with Crippen LogP contribution in [0.1, 0.15) is 66.2 Å². The third-order valence-corrected chi connectivity index (χ3v) is 5.67. The SMILES string of the molecule is CC(NC(=O)NC1CCN(C2CCCCC2O)CC1)C(C)(C)C. The van der Waals surface area contributed by atoms with Crippen LogP contribution in [0.15, 0.2) is 0 Å². The number of amides is 2. The molecule has 0 aromatic heterocycles. The third-order valence-electron chi connectivity index (χ3n) is 5.67. The lowest BCUT2D eigenvalue weighted by molar-refractivity contribution is 0.00773. The molecular weight excluding hydrogens is 290 g/mol. The number of nitrogens with one attached hydrogen (secondary N) is 2. The van der Waals surface area contributed by atoms with E-state index in [9.17, 15) is 9.90 Å². The van der Waals surface area contributed by atoms with Crippen LogP contribution in [0.5, 0.6) is 0 Å². The van der Waals surface area contributed by atoms with Crippen molar-refractivity contribution in [2.75, 3.05) is 13.1 Å². The molecule has 1 saturated carbocycles. The number of piperidine rings is 1. The van der Waals surface area contributed by atoms with E-state index in [1.165, 1.54) is 6.42 Å². The first-order valence-electron chi connectivity index (χ1n) is 9.26. The molecule has 0 bridgehead atoms. The smallest absolute Gasteiger partial charge is 0.315 e. The first kappa shape index (κ1) is 18.5. The highest BCUT2D eigenvalue weighted by molar-refractivity contribution is 5.74. The molecule has 1 aliphatic heterocycles. The summed E-state index contributed by atoms with van der Waals surface area (Å²) in [7, 11) is 0. The Balaban J connectivity index is 1.73. The maximum absolute atomic E-state index is 12.1. The average molecular weight is 325 g/mol. The van der Waals surface area contributed by atoms with Crippen LogP contribution in [0.4, 0.5) is 4.79 Å². The Bertz CT molecular complexity index is 386. The summed E-state index contributed by atoms with van der Waals surface area (Å²) in [5.74, 6) is 0. The fraction of sp³-hybridized carbons (Fsp3) is 0.944. The van der Waals surface area contributed by atoms with Crippen molar-refractivity contribution >= 4 is 6.03 Å². The van der Waals surface area contributed by atoms with Crippen molar-refractivity contribution < 1.29 is 9.90 Å². The van der Waals surface area contributed by atoms with Crippen molar-refractivity contribution in [1.82, 2.24) is 15.5 Å². The molecule has 1 aliphatic carbocycles. The normalized spacial score (nSPS) is 29.1. The summed E-state index contributed by atoms with van der Waals surface area (Å²) in [5.41, 5.74) is 0.0673. The number of carbonyl (C=O) groups is 1. The second-order valence-corrected chi connectivity index (χ2v) is 8.43. The van der Waals surface area contributed by atoms with E-state index in [4.69, 9.17) is 0 Å². The van der Waals surface area contributed by atoms with Gasteiger partial charge >= 0.3 is 6.03 Å². The van der Waals surface area contributed by atoms with Crippen molar-refractivity contribution in [2.24, 2.45) is 5.41 Å². The van der Waals surface area contributed by atoms with E-state index in [1.807, 2.05) is 6.92 Å². The third kappa shape index (κ3) is 5.35. The van der Waals surface area contributed by atoms with Crippen molar-refractivity contribution in [2.45, 2.75) is 90.4 Å². The van der Waals surface area contributed by atoms with E-state index in [0.717, 1.165) is 45.2 Å². The number of hydrogen-bond donors (Lipinski definition) is 3. The van der Waals surface area contributed by atoms with Crippen molar-refractivity contribution in [1.29, 1.82) is 0 Å². The lowest BCUT2D eigenvalue weighted by Crippen LogP contribution is -2.54. The molecule has 1 heterocycles. The summed E-state index contributed by atoms with van der Waals surface area (Å²) in [6, 6.07) is 0.669. The second kappa shape index (κ2) is 7.84. The van der Waals surface area contributed by atoms with Gasteiger partial charge in [-0.15, -0.1) is 0 Å². The van der Waals surface area contributed by atoms with Gasteiger partial charge in [-0.1, -0.05) is 33.6 Å². The van der Waals surface area contributed by atoms with Crippen molar-refractivity contribution in [3.63, 3.8) is 0 Å². The lowest BCUT2D eigenvalue weighted by atomic mass is 9.88. The van der Waals surface area contributed by atoms with E-state index in [-0.39, 0.29) is 29.6 Å². The summed E-state index contributed by atoms with van der Waals surface area (Å²) in [4.78, 5) is 14.6. The molecule has 2 rings (SSSR count). The maximum atomic E-state index is 12.1. The Hall–Kier alpha value is -0.810. The van der Waals surface area contributed by atoms with Gasteiger partial charge in [-0.2, -0.15) is 0 Å². The van der Waals surface area contributed by atoms with Crippen LogP contribution < -0.4 is 10.6 Å². The summed E-state index contributed by atoms with van der Waals surface area (Å²) >= 11 is 0. The first-order valence-corrected chi connectivity index (χ1v) is 9.26.